The van der Waals surface area contributed by atoms with Gasteiger partial charge in [0.2, 0.25) is 0 Å². The maximum Gasteiger partial charge on any atom is 0.137 e. The molecule has 0 amide bonds. The van der Waals surface area contributed by atoms with Gasteiger partial charge in [-0.25, -0.2) is 9.97 Å². The molecule has 0 spiro atoms. The highest BCUT2D eigenvalue weighted by molar-refractivity contribution is 6.30. The molecule has 0 atom stereocenters. The fraction of sp³-hybridized carbons (Fsp3) is 0.692. The van der Waals surface area contributed by atoms with Crippen molar-refractivity contribution in [2.75, 3.05) is 5.32 Å². The summed E-state index contributed by atoms with van der Waals surface area (Å²) < 4.78 is 0. The Morgan fingerprint density at radius 1 is 1.12 bits per heavy atom. The van der Waals surface area contributed by atoms with Crippen molar-refractivity contribution in [3.05, 3.63) is 16.5 Å². The first-order valence-corrected chi connectivity index (χ1v) is 6.80. The second-order valence-electron chi connectivity index (χ2n) is 5.38. The van der Waals surface area contributed by atoms with E-state index in [-0.39, 0.29) is 0 Å². The molecule has 0 radical (unpaired) electrons. The highest BCUT2D eigenvalue weighted by atomic mass is 35.5. The van der Waals surface area contributed by atoms with Crippen LogP contribution < -0.4 is 5.32 Å². The van der Waals surface area contributed by atoms with Crippen molar-refractivity contribution >= 4 is 17.4 Å². The molecular weight excluding hydrogens is 234 g/mol. The summed E-state index contributed by atoms with van der Waals surface area (Å²) in [5.41, 5.74) is 0.976. The lowest BCUT2D eigenvalue weighted by molar-refractivity contribution is 0.564. The molecule has 3 rings (SSSR count). The van der Waals surface area contributed by atoms with Crippen LogP contribution in [0, 0.1) is 25.7 Å². The molecule has 2 saturated carbocycles. The largest absolute Gasteiger partial charge is 0.366 e. The van der Waals surface area contributed by atoms with E-state index in [2.05, 4.69) is 15.3 Å². The van der Waals surface area contributed by atoms with Gasteiger partial charge in [-0.2, -0.15) is 0 Å². The molecule has 2 fully saturated rings. The first-order valence-electron chi connectivity index (χ1n) is 6.42. The normalized spacial score (nSPS) is 19.8. The third-order valence-electron chi connectivity index (χ3n) is 3.76. The van der Waals surface area contributed by atoms with Crippen LogP contribution in [0.15, 0.2) is 0 Å². The maximum absolute atomic E-state index is 6.10. The monoisotopic (exact) mass is 251 g/mol. The molecule has 2 aliphatic carbocycles. The van der Waals surface area contributed by atoms with Crippen LogP contribution in [0.25, 0.3) is 0 Å². The van der Waals surface area contributed by atoms with Crippen LogP contribution in [0.1, 0.15) is 37.1 Å². The number of halogens is 1. The summed E-state index contributed by atoms with van der Waals surface area (Å²) in [6.45, 7) is 3.88. The van der Waals surface area contributed by atoms with Gasteiger partial charge >= 0.3 is 0 Å². The van der Waals surface area contributed by atoms with Crippen LogP contribution >= 0.6 is 11.6 Å². The van der Waals surface area contributed by atoms with Crippen LogP contribution in [-0.4, -0.2) is 16.0 Å². The van der Waals surface area contributed by atoms with Gasteiger partial charge in [0.1, 0.15) is 16.8 Å². The summed E-state index contributed by atoms with van der Waals surface area (Å²) in [5.74, 6) is 3.40. The van der Waals surface area contributed by atoms with Crippen LogP contribution in [0.2, 0.25) is 5.15 Å². The smallest absolute Gasteiger partial charge is 0.137 e. The Hall–Kier alpha value is -0.830. The number of nitrogens with zero attached hydrogens (tertiary/aromatic N) is 2. The quantitative estimate of drug-likeness (QED) is 0.834. The van der Waals surface area contributed by atoms with Crippen molar-refractivity contribution in [1.29, 1.82) is 0 Å². The second-order valence-corrected chi connectivity index (χ2v) is 5.74. The van der Waals surface area contributed by atoms with E-state index in [4.69, 9.17) is 11.6 Å². The number of aromatic nitrogens is 2. The van der Waals surface area contributed by atoms with Gasteiger partial charge in [-0.05, 0) is 51.4 Å². The molecule has 1 heterocycles. The molecule has 92 valence electrons. The minimum Gasteiger partial charge on any atom is -0.366 e. The van der Waals surface area contributed by atoms with E-state index < -0.39 is 0 Å². The molecule has 0 aliphatic heterocycles. The van der Waals surface area contributed by atoms with Crippen molar-refractivity contribution < 1.29 is 0 Å². The number of aryl methyl sites for hydroxylation is 1. The van der Waals surface area contributed by atoms with Gasteiger partial charge in [0.25, 0.3) is 0 Å². The summed E-state index contributed by atoms with van der Waals surface area (Å²) in [4.78, 5) is 8.66. The van der Waals surface area contributed by atoms with Crippen LogP contribution in [0.4, 0.5) is 5.82 Å². The van der Waals surface area contributed by atoms with E-state index in [1.54, 1.807) is 0 Å². The minimum absolute atomic E-state index is 0.574. The van der Waals surface area contributed by atoms with E-state index in [9.17, 15) is 0 Å². The Morgan fingerprint density at radius 2 is 1.71 bits per heavy atom. The Balaban J connectivity index is 1.83. The zero-order valence-corrected chi connectivity index (χ0v) is 11.1. The Labute approximate surface area is 107 Å². The molecule has 1 N–H and O–H groups in total. The Morgan fingerprint density at radius 3 is 2.24 bits per heavy atom. The van der Waals surface area contributed by atoms with E-state index >= 15 is 0 Å². The van der Waals surface area contributed by atoms with Gasteiger partial charge in [0.15, 0.2) is 0 Å². The van der Waals surface area contributed by atoms with Crippen molar-refractivity contribution in [2.45, 2.75) is 45.6 Å². The minimum atomic E-state index is 0.574. The van der Waals surface area contributed by atoms with Gasteiger partial charge in [0, 0.05) is 11.6 Å². The SMILES string of the molecule is Cc1nc(Cl)c(C)c(NC(C2CC2)C2CC2)n1. The Bertz CT molecular complexity index is 427. The average Bonchev–Trinajstić information content (AvgIpc) is 3.15. The van der Waals surface area contributed by atoms with Gasteiger partial charge in [0.05, 0.1) is 0 Å². The molecule has 1 aromatic heterocycles. The molecule has 4 heteroatoms. The topological polar surface area (TPSA) is 37.8 Å². The first kappa shape index (κ1) is 11.3. The van der Waals surface area contributed by atoms with Crippen molar-refractivity contribution in [1.82, 2.24) is 9.97 Å². The van der Waals surface area contributed by atoms with Crippen LogP contribution in [0.3, 0.4) is 0 Å². The molecule has 3 nitrogen and oxygen atoms in total. The number of rotatable bonds is 4. The summed E-state index contributed by atoms with van der Waals surface area (Å²) in [6.07, 6.45) is 5.46. The lowest BCUT2D eigenvalue weighted by Crippen LogP contribution is -2.25. The van der Waals surface area contributed by atoms with Crippen molar-refractivity contribution in [3.8, 4) is 0 Å². The molecule has 0 saturated heterocycles. The number of hydrogen-bond donors (Lipinski definition) is 1. The number of hydrogen-bond acceptors (Lipinski definition) is 3. The van der Waals surface area contributed by atoms with Gasteiger partial charge < -0.3 is 5.32 Å². The van der Waals surface area contributed by atoms with Gasteiger partial charge in [-0.1, -0.05) is 11.6 Å². The molecule has 0 aromatic carbocycles. The highest BCUT2D eigenvalue weighted by Gasteiger charge is 2.41. The van der Waals surface area contributed by atoms with E-state index in [1.165, 1.54) is 25.7 Å². The summed E-state index contributed by atoms with van der Waals surface area (Å²) >= 11 is 6.10. The third kappa shape index (κ3) is 2.39. The molecular formula is C13H18ClN3. The molecule has 2 aliphatic rings. The number of nitrogens with one attached hydrogen (secondary N) is 1. The zero-order valence-electron chi connectivity index (χ0n) is 10.3. The molecule has 17 heavy (non-hydrogen) atoms. The van der Waals surface area contributed by atoms with Crippen molar-refractivity contribution in [2.24, 2.45) is 11.8 Å². The summed E-state index contributed by atoms with van der Waals surface area (Å²) in [6, 6.07) is 0.610. The fourth-order valence-electron chi connectivity index (χ4n) is 2.42. The van der Waals surface area contributed by atoms with E-state index in [1.807, 2.05) is 13.8 Å². The number of anilines is 1. The van der Waals surface area contributed by atoms with Crippen LogP contribution in [-0.2, 0) is 0 Å². The first-order chi connectivity index (χ1) is 8.15. The summed E-state index contributed by atoms with van der Waals surface area (Å²) in [5, 5.41) is 4.19. The standard InChI is InChI=1S/C13H18ClN3/c1-7-12(14)15-8(2)16-13(7)17-11(9-3-4-9)10-5-6-10/h9-11H,3-6H2,1-2H3,(H,15,16,17). The predicted octanol–water partition coefficient (Wildman–Crippen LogP) is 3.35. The molecule has 0 bridgehead atoms. The molecule has 1 aromatic rings. The average molecular weight is 252 g/mol. The summed E-state index contributed by atoms with van der Waals surface area (Å²) in [7, 11) is 0. The lowest BCUT2D eigenvalue weighted by Gasteiger charge is -2.20. The van der Waals surface area contributed by atoms with E-state index in [0.717, 1.165) is 29.0 Å². The predicted molar refractivity (Wildman–Crippen MR) is 69.4 cm³/mol. The zero-order chi connectivity index (χ0) is 12.0. The van der Waals surface area contributed by atoms with Gasteiger partial charge in [-0.15, -0.1) is 0 Å². The Kier molecular flexibility index (Phi) is 2.74. The van der Waals surface area contributed by atoms with E-state index in [0.29, 0.717) is 11.2 Å². The fourth-order valence-corrected chi connectivity index (χ4v) is 2.64. The van der Waals surface area contributed by atoms with Gasteiger partial charge in [-0.3, -0.25) is 0 Å². The van der Waals surface area contributed by atoms with Crippen LogP contribution in [0.5, 0.6) is 0 Å². The van der Waals surface area contributed by atoms with Crippen molar-refractivity contribution in [3.63, 3.8) is 0 Å². The molecule has 0 unspecified atom stereocenters. The third-order valence-corrected chi connectivity index (χ3v) is 4.13. The second kappa shape index (κ2) is 4.13. The lowest BCUT2D eigenvalue weighted by atomic mass is 10.1. The maximum atomic E-state index is 6.10. The highest BCUT2D eigenvalue weighted by Crippen LogP contribution is 2.46.